The quantitative estimate of drug-likeness (QED) is 0.755. The fourth-order valence-electron chi connectivity index (χ4n) is 1.98. The highest BCUT2D eigenvalue weighted by molar-refractivity contribution is 7.17. The van der Waals surface area contributed by atoms with Crippen LogP contribution in [0.3, 0.4) is 0 Å². The standard InChI is InChI=1S/C16H11ClFN3OS/c1-9-14(23-16(20-9)10-3-2-6-19-8-10)15(22)21-11-4-5-13(18)12(17)7-11/h2-8H,1H3,(H,21,22). The maximum absolute atomic E-state index is 13.2. The van der Waals surface area contributed by atoms with Crippen LogP contribution < -0.4 is 5.32 Å². The highest BCUT2D eigenvalue weighted by Gasteiger charge is 2.17. The summed E-state index contributed by atoms with van der Waals surface area (Å²) >= 11 is 6.99. The number of nitrogens with one attached hydrogen (secondary N) is 1. The summed E-state index contributed by atoms with van der Waals surface area (Å²) in [7, 11) is 0. The van der Waals surface area contributed by atoms with E-state index in [4.69, 9.17) is 11.6 Å². The molecule has 0 atom stereocenters. The van der Waals surface area contributed by atoms with Gasteiger partial charge in [-0.2, -0.15) is 0 Å². The Kier molecular flexibility index (Phi) is 4.36. The molecule has 116 valence electrons. The second-order valence-electron chi connectivity index (χ2n) is 4.76. The van der Waals surface area contributed by atoms with Gasteiger partial charge in [-0.15, -0.1) is 11.3 Å². The first kappa shape index (κ1) is 15.6. The van der Waals surface area contributed by atoms with Crippen LogP contribution in [0.4, 0.5) is 10.1 Å². The average Bonchev–Trinajstić information content (AvgIpc) is 2.94. The van der Waals surface area contributed by atoms with Gasteiger partial charge in [0.1, 0.15) is 15.7 Å². The van der Waals surface area contributed by atoms with E-state index in [0.717, 1.165) is 10.6 Å². The lowest BCUT2D eigenvalue weighted by molar-refractivity contribution is 0.103. The van der Waals surface area contributed by atoms with Crippen LogP contribution in [0.1, 0.15) is 15.4 Å². The highest BCUT2D eigenvalue weighted by atomic mass is 35.5. The summed E-state index contributed by atoms with van der Waals surface area (Å²) in [5.74, 6) is -0.838. The van der Waals surface area contributed by atoms with Gasteiger partial charge in [-0.1, -0.05) is 11.6 Å². The first-order chi connectivity index (χ1) is 11.0. The van der Waals surface area contributed by atoms with Gasteiger partial charge in [-0.3, -0.25) is 9.78 Å². The molecule has 0 spiro atoms. The van der Waals surface area contributed by atoms with Crippen molar-refractivity contribution in [1.29, 1.82) is 0 Å². The number of thiazole rings is 1. The number of rotatable bonds is 3. The third kappa shape index (κ3) is 3.38. The highest BCUT2D eigenvalue weighted by Crippen LogP contribution is 2.28. The van der Waals surface area contributed by atoms with Crippen molar-refractivity contribution < 1.29 is 9.18 Å². The molecule has 0 saturated carbocycles. The number of nitrogens with zero attached hydrogens (tertiary/aromatic N) is 2. The van der Waals surface area contributed by atoms with Crippen molar-refractivity contribution in [2.24, 2.45) is 0 Å². The molecule has 0 bridgehead atoms. The predicted molar refractivity (Wildman–Crippen MR) is 89.4 cm³/mol. The molecule has 0 radical (unpaired) electrons. The van der Waals surface area contributed by atoms with Crippen LogP contribution in [0, 0.1) is 12.7 Å². The number of amides is 1. The topological polar surface area (TPSA) is 54.9 Å². The molecule has 0 aliphatic heterocycles. The van der Waals surface area contributed by atoms with E-state index in [1.807, 2.05) is 12.1 Å². The third-order valence-electron chi connectivity index (χ3n) is 3.09. The van der Waals surface area contributed by atoms with Crippen molar-refractivity contribution in [2.45, 2.75) is 6.92 Å². The van der Waals surface area contributed by atoms with Crippen LogP contribution in [0.25, 0.3) is 10.6 Å². The van der Waals surface area contributed by atoms with E-state index >= 15 is 0 Å². The lowest BCUT2D eigenvalue weighted by atomic mass is 10.3. The number of aromatic nitrogens is 2. The number of halogens is 2. The molecule has 0 aliphatic rings. The fourth-order valence-corrected chi connectivity index (χ4v) is 3.11. The Balaban J connectivity index is 1.85. The number of hydrogen-bond acceptors (Lipinski definition) is 4. The van der Waals surface area contributed by atoms with Crippen LogP contribution in [0.15, 0.2) is 42.7 Å². The molecule has 4 nitrogen and oxygen atoms in total. The maximum atomic E-state index is 13.2. The zero-order chi connectivity index (χ0) is 16.4. The van der Waals surface area contributed by atoms with E-state index in [9.17, 15) is 9.18 Å². The average molecular weight is 348 g/mol. The zero-order valence-electron chi connectivity index (χ0n) is 12.0. The first-order valence-electron chi connectivity index (χ1n) is 6.69. The Labute approximate surface area is 141 Å². The molecule has 23 heavy (non-hydrogen) atoms. The van der Waals surface area contributed by atoms with Gasteiger partial charge >= 0.3 is 0 Å². The van der Waals surface area contributed by atoms with E-state index in [-0.39, 0.29) is 10.9 Å². The number of benzene rings is 1. The third-order valence-corrected chi connectivity index (χ3v) is 4.58. The van der Waals surface area contributed by atoms with Gasteiger partial charge in [-0.25, -0.2) is 9.37 Å². The summed E-state index contributed by atoms with van der Waals surface area (Å²) < 4.78 is 13.2. The minimum Gasteiger partial charge on any atom is -0.321 e. The second-order valence-corrected chi connectivity index (χ2v) is 6.16. The Bertz CT molecular complexity index is 867. The Hall–Kier alpha value is -2.31. The molecular formula is C16H11ClFN3OS. The Morgan fingerprint density at radius 2 is 2.17 bits per heavy atom. The molecule has 2 heterocycles. The van der Waals surface area contributed by atoms with Crippen LogP contribution in [-0.4, -0.2) is 15.9 Å². The normalized spacial score (nSPS) is 10.6. The minimum absolute atomic E-state index is 0.0418. The first-order valence-corrected chi connectivity index (χ1v) is 7.88. The van der Waals surface area contributed by atoms with Crippen LogP contribution >= 0.6 is 22.9 Å². The summed E-state index contributed by atoms with van der Waals surface area (Å²) in [5, 5.41) is 3.38. The summed E-state index contributed by atoms with van der Waals surface area (Å²) in [6, 6.07) is 7.72. The smallest absolute Gasteiger partial charge is 0.267 e. The fraction of sp³-hybridized carbons (Fsp3) is 0.0625. The van der Waals surface area contributed by atoms with Crippen molar-refractivity contribution in [3.8, 4) is 10.6 Å². The summed E-state index contributed by atoms with van der Waals surface area (Å²) in [6.07, 6.45) is 3.37. The van der Waals surface area contributed by atoms with Crippen LogP contribution in [0.2, 0.25) is 5.02 Å². The van der Waals surface area contributed by atoms with E-state index in [0.29, 0.717) is 16.3 Å². The minimum atomic E-state index is -0.530. The molecule has 3 aromatic rings. The molecule has 1 N–H and O–H groups in total. The molecule has 1 amide bonds. The van der Waals surface area contributed by atoms with Gasteiger partial charge in [-0.05, 0) is 37.3 Å². The number of anilines is 1. The van der Waals surface area contributed by atoms with E-state index < -0.39 is 5.82 Å². The Morgan fingerprint density at radius 3 is 2.87 bits per heavy atom. The van der Waals surface area contributed by atoms with E-state index in [1.54, 1.807) is 19.3 Å². The summed E-state index contributed by atoms with van der Waals surface area (Å²) in [4.78, 5) is 21.3. The number of hydrogen-bond donors (Lipinski definition) is 1. The van der Waals surface area contributed by atoms with Crippen molar-refractivity contribution in [2.75, 3.05) is 5.32 Å². The maximum Gasteiger partial charge on any atom is 0.267 e. The van der Waals surface area contributed by atoms with Crippen molar-refractivity contribution in [1.82, 2.24) is 9.97 Å². The lowest BCUT2D eigenvalue weighted by Gasteiger charge is -2.04. The molecule has 2 aromatic heterocycles. The zero-order valence-corrected chi connectivity index (χ0v) is 13.6. The van der Waals surface area contributed by atoms with Gasteiger partial charge in [0.2, 0.25) is 0 Å². The van der Waals surface area contributed by atoms with Gasteiger partial charge in [0.05, 0.1) is 10.7 Å². The van der Waals surface area contributed by atoms with Crippen molar-refractivity contribution in [3.05, 3.63) is 64.1 Å². The summed E-state index contributed by atoms with van der Waals surface area (Å²) in [6.45, 7) is 1.77. The number of aryl methyl sites for hydroxylation is 1. The molecule has 0 aliphatic carbocycles. The van der Waals surface area contributed by atoms with Crippen molar-refractivity contribution in [3.63, 3.8) is 0 Å². The molecule has 0 saturated heterocycles. The number of carbonyl (C=O) groups excluding carboxylic acids is 1. The number of pyridine rings is 1. The number of carbonyl (C=O) groups is 1. The largest absolute Gasteiger partial charge is 0.321 e. The molecule has 0 fully saturated rings. The van der Waals surface area contributed by atoms with E-state index in [1.165, 1.54) is 29.5 Å². The molecule has 3 rings (SSSR count). The second kappa shape index (κ2) is 6.44. The monoisotopic (exact) mass is 347 g/mol. The van der Waals surface area contributed by atoms with Crippen molar-refractivity contribution >= 4 is 34.5 Å². The predicted octanol–water partition coefficient (Wildman–Crippen LogP) is 4.56. The molecular weight excluding hydrogens is 337 g/mol. The molecule has 1 aromatic carbocycles. The van der Waals surface area contributed by atoms with Gasteiger partial charge in [0, 0.05) is 23.6 Å². The molecule has 7 heteroatoms. The van der Waals surface area contributed by atoms with Crippen LogP contribution in [-0.2, 0) is 0 Å². The van der Waals surface area contributed by atoms with Gasteiger partial charge in [0.15, 0.2) is 0 Å². The Morgan fingerprint density at radius 1 is 1.35 bits per heavy atom. The molecule has 0 unspecified atom stereocenters. The SMILES string of the molecule is Cc1nc(-c2cccnc2)sc1C(=O)Nc1ccc(F)c(Cl)c1. The van der Waals surface area contributed by atoms with Gasteiger partial charge < -0.3 is 5.32 Å². The summed E-state index contributed by atoms with van der Waals surface area (Å²) in [5.41, 5.74) is 1.90. The van der Waals surface area contributed by atoms with E-state index in [2.05, 4.69) is 15.3 Å². The lowest BCUT2D eigenvalue weighted by Crippen LogP contribution is -2.11. The van der Waals surface area contributed by atoms with Crippen LogP contribution in [0.5, 0.6) is 0 Å². The van der Waals surface area contributed by atoms with Gasteiger partial charge in [0.25, 0.3) is 5.91 Å².